The average molecular weight is 391 g/mol. The average Bonchev–Trinajstić information content (AvgIpc) is 2.68. The van der Waals surface area contributed by atoms with Crippen molar-refractivity contribution >= 4 is 23.4 Å². The summed E-state index contributed by atoms with van der Waals surface area (Å²) in [7, 11) is 1.55. The molecule has 0 fully saturated rings. The van der Waals surface area contributed by atoms with E-state index in [0.717, 1.165) is 11.1 Å². The topological polar surface area (TPSA) is 49.4 Å². The summed E-state index contributed by atoms with van der Waals surface area (Å²) in [6.45, 7) is 2.10. The van der Waals surface area contributed by atoms with Crippen LogP contribution in [0, 0.1) is 5.82 Å². The second-order valence-electron chi connectivity index (χ2n) is 6.28. The Kier molecular flexibility index (Phi) is 7.80. The Morgan fingerprint density at radius 1 is 1.15 bits per heavy atom. The molecule has 0 bridgehead atoms. The smallest absolute Gasteiger partial charge is 0.242 e. The molecule has 0 unspecified atom stereocenters. The Morgan fingerprint density at radius 2 is 1.81 bits per heavy atom. The van der Waals surface area contributed by atoms with E-state index in [4.69, 9.17) is 11.6 Å². The van der Waals surface area contributed by atoms with Crippen LogP contribution in [0.5, 0.6) is 0 Å². The predicted octanol–water partition coefficient (Wildman–Crippen LogP) is 3.97. The molecule has 144 valence electrons. The number of hydrogen-bond acceptors (Lipinski definition) is 2. The van der Waals surface area contributed by atoms with Crippen LogP contribution in [0.15, 0.2) is 48.5 Å². The highest BCUT2D eigenvalue weighted by molar-refractivity contribution is 6.31. The molecule has 0 aliphatic carbocycles. The number of nitrogens with zero attached hydrogens (tertiary/aromatic N) is 1. The zero-order valence-corrected chi connectivity index (χ0v) is 16.3. The lowest BCUT2D eigenvalue weighted by Crippen LogP contribution is -2.48. The number of likely N-dealkylation sites (N-methyl/N-ethyl adjacent to an activating group) is 1. The van der Waals surface area contributed by atoms with Gasteiger partial charge in [0.2, 0.25) is 11.8 Å². The second-order valence-corrected chi connectivity index (χ2v) is 6.69. The molecule has 0 saturated carbocycles. The van der Waals surface area contributed by atoms with Gasteiger partial charge in [-0.25, -0.2) is 4.39 Å². The summed E-state index contributed by atoms with van der Waals surface area (Å²) in [6, 6.07) is 12.8. The first-order chi connectivity index (χ1) is 13.0. The van der Waals surface area contributed by atoms with Gasteiger partial charge in [-0.05, 0) is 42.2 Å². The summed E-state index contributed by atoms with van der Waals surface area (Å²) in [5.41, 5.74) is 1.66. The Bertz CT molecular complexity index is 780. The first-order valence-electron chi connectivity index (χ1n) is 8.95. The predicted molar refractivity (Wildman–Crippen MR) is 105 cm³/mol. The van der Waals surface area contributed by atoms with Gasteiger partial charge in [0, 0.05) is 25.0 Å². The van der Waals surface area contributed by atoms with Gasteiger partial charge in [-0.3, -0.25) is 9.59 Å². The monoisotopic (exact) mass is 390 g/mol. The van der Waals surface area contributed by atoms with E-state index in [9.17, 15) is 14.0 Å². The molecule has 0 aliphatic heterocycles. The lowest BCUT2D eigenvalue weighted by molar-refractivity contribution is -0.141. The summed E-state index contributed by atoms with van der Waals surface area (Å²) < 4.78 is 13.2. The Morgan fingerprint density at radius 3 is 2.41 bits per heavy atom. The van der Waals surface area contributed by atoms with E-state index >= 15 is 0 Å². The van der Waals surface area contributed by atoms with Crippen LogP contribution in [0.3, 0.4) is 0 Å². The number of halogens is 2. The van der Waals surface area contributed by atoms with E-state index in [0.29, 0.717) is 17.9 Å². The van der Waals surface area contributed by atoms with Crippen molar-refractivity contribution < 1.29 is 14.0 Å². The molecule has 1 N–H and O–H groups in total. The number of carbonyl (C=O) groups is 2. The number of amides is 2. The van der Waals surface area contributed by atoms with E-state index in [1.165, 1.54) is 12.1 Å². The summed E-state index contributed by atoms with van der Waals surface area (Å²) in [5.74, 6) is -0.700. The maximum absolute atomic E-state index is 13.2. The van der Waals surface area contributed by atoms with Crippen LogP contribution in [0.4, 0.5) is 4.39 Å². The first kappa shape index (κ1) is 20.9. The SMILES string of the molecule is CC[C@@H](C(=O)NC)N(Cc1ccc(F)cc1)C(=O)CCc1ccccc1Cl. The molecule has 6 heteroatoms. The minimum atomic E-state index is -0.584. The molecule has 0 saturated heterocycles. The van der Waals surface area contributed by atoms with Crippen LogP contribution >= 0.6 is 11.6 Å². The minimum absolute atomic E-state index is 0.144. The standard InChI is InChI=1S/C21H24ClFN2O2/c1-3-19(21(27)24-2)25(14-15-8-11-17(23)12-9-15)20(26)13-10-16-6-4-5-7-18(16)22/h4-9,11-12,19H,3,10,13-14H2,1-2H3,(H,24,27)/t19-/m0/s1. The zero-order valence-electron chi connectivity index (χ0n) is 15.5. The van der Waals surface area contributed by atoms with Crippen molar-refractivity contribution in [1.29, 1.82) is 0 Å². The van der Waals surface area contributed by atoms with Gasteiger partial charge in [0.25, 0.3) is 0 Å². The van der Waals surface area contributed by atoms with Crippen LogP contribution in [0.1, 0.15) is 30.9 Å². The third kappa shape index (κ3) is 5.79. The van der Waals surface area contributed by atoms with Crippen molar-refractivity contribution in [2.24, 2.45) is 0 Å². The number of benzene rings is 2. The number of carbonyl (C=O) groups excluding carboxylic acids is 2. The molecule has 0 spiro atoms. The summed E-state index contributed by atoms with van der Waals surface area (Å²) in [5, 5.41) is 3.23. The maximum Gasteiger partial charge on any atom is 0.242 e. The quantitative estimate of drug-likeness (QED) is 0.741. The molecule has 1 atom stereocenters. The largest absolute Gasteiger partial charge is 0.357 e. The fourth-order valence-corrected chi connectivity index (χ4v) is 3.19. The fourth-order valence-electron chi connectivity index (χ4n) is 2.96. The number of aryl methyl sites for hydroxylation is 1. The summed E-state index contributed by atoms with van der Waals surface area (Å²) in [6.07, 6.45) is 1.21. The third-order valence-electron chi connectivity index (χ3n) is 4.46. The fraction of sp³-hybridized carbons (Fsp3) is 0.333. The van der Waals surface area contributed by atoms with Gasteiger partial charge in [0.1, 0.15) is 11.9 Å². The van der Waals surface area contributed by atoms with E-state index in [1.54, 1.807) is 30.1 Å². The molecular formula is C21H24ClFN2O2. The van der Waals surface area contributed by atoms with Crippen LogP contribution in [-0.4, -0.2) is 29.8 Å². The molecule has 0 aliphatic rings. The van der Waals surface area contributed by atoms with E-state index in [1.807, 2.05) is 25.1 Å². The van der Waals surface area contributed by atoms with Crippen molar-refractivity contribution in [3.05, 3.63) is 70.5 Å². The van der Waals surface area contributed by atoms with Gasteiger partial charge in [-0.2, -0.15) is 0 Å². The van der Waals surface area contributed by atoms with Crippen LogP contribution < -0.4 is 5.32 Å². The van der Waals surface area contributed by atoms with Crippen LogP contribution in [-0.2, 0) is 22.6 Å². The molecule has 2 aromatic rings. The normalized spacial score (nSPS) is 11.7. The number of hydrogen-bond donors (Lipinski definition) is 1. The molecule has 0 heterocycles. The van der Waals surface area contributed by atoms with Crippen molar-refractivity contribution in [3.8, 4) is 0 Å². The van der Waals surface area contributed by atoms with Crippen molar-refractivity contribution in [3.63, 3.8) is 0 Å². The van der Waals surface area contributed by atoms with Crippen molar-refractivity contribution in [2.45, 2.75) is 38.8 Å². The number of nitrogens with one attached hydrogen (secondary N) is 1. The highest BCUT2D eigenvalue weighted by atomic mass is 35.5. The van der Waals surface area contributed by atoms with Gasteiger partial charge >= 0.3 is 0 Å². The van der Waals surface area contributed by atoms with Crippen LogP contribution in [0.2, 0.25) is 5.02 Å². The van der Waals surface area contributed by atoms with E-state index in [2.05, 4.69) is 5.32 Å². The zero-order chi connectivity index (χ0) is 19.8. The first-order valence-corrected chi connectivity index (χ1v) is 9.33. The Hall–Kier alpha value is -2.40. The van der Waals surface area contributed by atoms with Gasteiger partial charge in [-0.1, -0.05) is 48.9 Å². The van der Waals surface area contributed by atoms with Crippen molar-refractivity contribution in [1.82, 2.24) is 10.2 Å². The molecule has 2 aromatic carbocycles. The van der Waals surface area contributed by atoms with Gasteiger partial charge in [-0.15, -0.1) is 0 Å². The minimum Gasteiger partial charge on any atom is -0.357 e. The van der Waals surface area contributed by atoms with Gasteiger partial charge in [0.05, 0.1) is 0 Å². The Labute approximate surface area is 164 Å². The molecule has 2 amide bonds. The highest BCUT2D eigenvalue weighted by Crippen LogP contribution is 2.19. The van der Waals surface area contributed by atoms with E-state index in [-0.39, 0.29) is 30.6 Å². The van der Waals surface area contributed by atoms with E-state index < -0.39 is 6.04 Å². The molecule has 0 radical (unpaired) electrons. The van der Waals surface area contributed by atoms with Gasteiger partial charge < -0.3 is 10.2 Å². The lowest BCUT2D eigenvalue weighted by Gasteiger charge is -2.30. The van der Waals surface area contributed by atoms with Crippen LogP contribution in [0.25, 0.3) is 0 Å². The molecule has 2 rings (SSSR count). The summed E-state index contributed by atoms with van der Waals surface area (Å²) >= 11 is 6.17. The Balaban J connectivity index is 2.19. The molecule has 4 nitrogen and oxygen atoms in total. The third-order valence-corrected chi connectivity index (χ3v) is 4.83. The van der Waals surface area contributed by atoms with Gasteiger partial charge in [0.15, 0.2) is 0 Å². The molecule has 0 aromatic heterocycles. The number of rotatable bonds is 8. The maximum atomic E-state index is 13.2. The lowest BCUT2D eigenvalue weighted by atomic mass is 10.1. The second kappa shape index (κ2) is 10.1. The molecule has 27 heavy (non-hydrogen) atoms. The summed E-state index contributed by atoms with van der Waals surface area (Å²) in [4.78, 5) is 26.8. The highest BCUT2D eigenvalue weighted by Gasteiger charge is 2.27. The molecular weight excluding hydrogens is 367 g/mol. The van der Waals surface area contributed by atoms with Crippen molar-refractivity contribution in [2.75, 3.05) is 7.05 Å².